The Bertz CT molecular complexity index is 296. The third-order valence-corrected chi connectivity index (χ3v) is 2.02. The molecule has 12 heavy (non-hydrogen) atoms. The van der Waals surface area contributed by atoms with Gasteiger partial charge in [-0.2, -0.15) is 0 Å². The van der Waals surface area contributed by atoms with Crippen molar-refractivity contribution in [2.24, 2.45) is 0 Å². The molecule has 1 aromatic rings. The van der Waals surface area contributed by atoms with Crippen LogP contribution in [0.1, 0.15) is 16.2 Å². The zero-order chi connectivity index (χ0) is 9.14. The van der Waals surface area contributed by atoms with Gasteiger partial charge in [-0.25, -0.2) is 9.78 Å². The van der Waals surface area contributed by atoms with Crippen molar-refractivity contribution < 1.29 is 9.53 Å². The van der Waals surface area contributed by atoms with Crippen LogP contribution in [0.15, 0.2) is 5.16 Å². The first-order chi connectivity index (χ1) is 5.69. The van der Waals surface area contributed by atoms with Crippen molar-refractivity contribution in [3.05, 3.63) is 11.4 Å². The van der Waals surface area contributed by atoms with Crippen molar-refractivity contribution in [3.8, 4) is 0 Å². The van der Waals surface area contributed by atoms with Crippen molar-refractivity contribution in [3.63, 3.8) is 0 Å². The number of methoxy groups -OCH3 is 1. The van der Waals surface area contributed by atoms with Crippen LogP contribution in [0.25, 0.3) is 0 Å². The molecule has 0 spiro atoms. The number of nitrogens with zero attached hydrogens (tertiary/aromatic N) is 1. The van der Waals surface area contributed by atoms with Crippen molar-refractivity contribution in [2.45, 2.75) is 12.1 Å². The number of aromatic amines is 1. The molecule has 0 aliphatic heterocycles. The predicted octanol–water partition coefficient (Wildman–Crippen LogP) is 1.23. The summed E-state index contributed by atoms with van der Waals surface area (Å²) in [7, 11) is 1.34. The first kappa shape index (κ1) is 9.12. The van der Waals surface area contributed by atoms with Crippen LogP contribution < -0.4 is 0 Å². The second-order valence-electron chi connectivity index (χ2n) is 2.21. The van der Waals surface area contributed by atoms with Gasteiger partial charge in [0.1, 0.15) is 0 Å². The summed E-state index contributed by atoms with van der Waals surface area (Å²) in [5.74, 6) is -0.399. The molecule has 0 amide bonds. The number of aryl methyl sites for hydroxylation is 1. The highest BCUT2D eigenvalue weighted by Gasteiger charge is 2.13. The van der Waals surface area contributed by atoms with Crippen molar-refractivity contribution >= 4 is 17.7 Å². The highest BCUT2D eigenvalue weighted by atomic mass is 32.2. The molecular formula is C7H10N2O2S. The fourth-order valence-electron chi connectivity index (χ4n) is 0.825. The van der Waals surface area contributed by atoms with E-state index in [1.54, 1.807) is 6.92 Å². The van der Waals surface area contributed by atoms with Gasteiger partial charge in [-0.05, 0) is 13.2 Å². The molecule has 0 radical (unpaired) electrons. The van der Waals surface area contributed by atoms with Gasteiger partial charge < -0.3 is 9.72 Å². The van der Waals surface area contributed by atoms with Crippen LogP contribution in [0.4, 0.5) is 0 Å². The molecule has 0 fully saturated rings. The molecule has 0 aliphatic rings. The third kappa shape index (κ3) is 1.61. The Morgan fingerprint density at radius 3 is 2.75 bits per heavy atom. The number of aromatic nitrogens is 2. The summed E-state index contributed by atoms with van der Waals surface area (Å²) >= 11 is 1.46. The van der Waals surface area contributed by atoms with Crippen LogP contribution in [0, 0.1) is 6.92 Å². The van der Waals surface area contributed by atoms with Gasteiger partial charge in [0, 0.05) is 5.69 Å². The SMILES string of the molecule is COC(=O)c1nc(SC)[nH]c1C. The van der Waals surface area contributed by atoms with E-state index in [1.807, 2.05) is 6.26 Å². The Morgan fingerprint density at radius 2 is 2.33 bits per heavy atom. The number of nitrogens with one attached hydrogen (secondary N) is 1. The summed E-state index contributed by atoms with van der Waals surface area (Å²) in [5, 5.41) is 0.730. The fourth-order valence-corrected chi connectivity index (χ4v) is 1.26. The molecule has 0 atom stereocenters. The zero-order valence-corrected chi connectivity index (χ0v) is 7.99. The van der Waals surface area contributed by atoms with E-state index in [1.165, 1.54) is 18.9 Å². The minimum Gasteiger partial charge on any atom is -0.464 e. The first-order valence-corrected chi connectivity index (χ1v) is 4.60. The Morgan fingerprint density at radius 1 is 1.67 bits per heavy atom. The number of esters is 1. The maximum Gasteiger partial charge on any atom is 0.358 e. The summed E-state index contributed by atoms with van der Waals surface area (Å²) < 4.78 is 4.54. The van der Waals surface area contributed by atoms with E-state index in [9.17, 15) is 4.79 Å². The predicted molar refractivity (Wildman–Crippen MR) is 46.4 cm³/mol. The van der Waals surface area contributed by atoms with E-state index in [0.29, 0.717) is 5.69 Å². The van der Waals surface area contributed by atoms with Crippen molar-refractivity contribution in [2.75, 3.05) is 13.4 Å². The van der Waals surface area contributed by atoms with Gasteiger partial charge in [0.15, 0.2) is 10.9 Å². The summed E-state index contributed by atoms with van der Waals surface area (Å²) in [6.45, 7) is 1.79. The van der Waals surface area contributed by atoms with E-state index < -0.39 is 5.97 Å². The second kappa shape index (κ2) is 3.62. The van der Waals surface area contributed by atoms with Gasteiger partial charge in [0.05, 0.1) is 7.11 Å². The van der Waals surface area contributed by atoms with E-state index in [-0.39, 0.29) is 0 Å². The summed E-state index contributed by atoms with van der Waals surface area (Å²) in [6.07, 6.45) is 1.89. The van der Waals surface area contributed by atoms with Gasteiger partial charge >= 0.3 is 5.97 Å². The molecular weight excluding hydrogens is 176 g/mol. The van der Waals surface area contributed by atoms with Crippen LogP contribution in [0.2, 0.25) is 0 Å². The molecule has 1 rings (SSSR count). The molecule has 66 valence electrons. The number of imidazole rings is 1. The molecule has 1 N–H and O–H groups in total. The molecule has 0 unspecified atom stereocenters. The number of hydrogen-bond donors (Lipinski definition) is 1. The first-order valence-electron chi connectivity index (χ1n) is 3.38. The lowest BCUT2D eigenvalue weighted by molar-refractivity contribution is 0.0593. The van der Waals surface area contributed by atoms with Crippen LogP contribution in [-0.2, 0) is 4.74 Å². The number of carbonyl (C=O) groups excluding carboxylic acids is 1. The van der Waals surface area contributed by atoms with Crippen LogP contribution >= 0.6 is 11.8 Å². The molecule has 0 bridgehead atoms. The Balaban J connectivity index is 2.99. The van der Waals surface area contributed by atoms with E-state index >= 15 is 0 Å². The maximum atomic E-state index is 11.0. The van der Waals surface area contributed by atoms with Crippen molar-refractivity contribution in [1.82, 2.24) is 9.97 Å². The number of carbonyl (C=O) groups is 1. The molecule has 1 heterocycles. The van der Waals surface area contributed by atoms with Crippen molar-refractivity contribution in [1.29, 1.82) is 0 Å². The van der Waals surface area contributed by atoms with E-state index in [0.717, 1.165) is 10.9 Å². The summed E-state index contributed by atoms with van der Waals surface area (Å²) in [6, 6.07) is 0. The van der Waals surface area contributed by atoms with Gasteiger partial charge in [-0.1, -0.05) is 11.8 Å². The van der Waals surface area contributed by atoms with Gasteiger partial charge in [-0.15, -0.1) is 0 Å². The molecule has 0 aromatic carbocycles. The third-order valence-electron chi connectivity index (χ3n) is 1.44. The average Bonchev–Trinajstić information content (AvgIpc) is 2.45. The minimum atomic E-state index is -0.399. The molecule has 5 heteroatoms. The lowest BCUT2D eigenvalue weighted by Crippen LogP contribution is -2.03. The minimum absolute atomic E-state index is 0.363. The Labute approximate surface area is 74.7 Å². The molecule has 0 saturated carbocycles. The number of thioether (sulfide) groups is 1. The van der Waals surface area contributed by atoms with Crippen LogP contribution in [-0.4, -0.2) is 29.3 Å². The Kier molecular flexibility index (Phi) is 2.75. The van der Waals surface area contributed by atoms with Gasteiger partial charge in [0.2, 0.25) is 0 Å². The smallest absolute Gasteiger partial charge is 0.358 e. The van der Waals surface area contributed by atoms with E-state index in [2.05, 4.69) is 14.7 Å². The summed E-state index contributed by atoms with van der Waals surface area (Å²) in [4.78, 5) is 18.0. The highest BCUT2D eigenvalue weighted by molar-refractivity contribution is 7.98. The molecule has 1 aromatic heterocycles. The van der Waals surface area contributed by atoms with E-state index in [4.69, 9.17) is 0 Å². The molecule has 4 nitrogen and oxygen atoms in total. The monoisotopic (exact) mass is 186 g/mol. The fraction of sp³-hybridized carbons (Fsp3) is 0.429. The standard InChI is InChI=1S/C7H10N2O2S/c1-4-5(6(10)11-2)9-7(8-4)12-3/h1-3H3,(H,8,9). The highest BCUT2D eigenvalue weighted by Crippen LogP contribution is 2.13. The van der Waals surface area contributed by atoms with Crippen LogP contribution in [0.3, 0.4) is 0 Å². The van der Waals surface area contributed by atoms with Gasteiger partial charge in [0.25, 0.3) is 0 Å². The lowest BCUT2D eigenvalue weighted by Gasteiger charge is -1.93. The largest absolute Gasteiger partial charge is 0.464 e. The molecule has 0 aliphatic carbocycles. The molecule has 0 saturated heterocycles. The zero-order valence-electron chi connectivity index (χ0n) is 7.17. The topological polar surface area (TPSA) is 55.0 Å². The number of ether oxygens (including phenoxy) is 1. The average molecular weight is 186 g/mol. The van der Waals surface area contributed by atoms with Gasteiger partial charge in [-0.3, -0.25) is 0 Å². The normalized spacial score (nSPS) is 9.92. The van der Waals surface area contributed by atoms with Crippen LogP contribution in [0.5, 0.6) is 0 Å². The number of rotatable bonds is 2. The summed E-state index contributed by atoms with van der Waals surface area (Å²) in [5.41, 5.74) is 1.10. The number of hydrogen-bond acceptors (Lipinski definition) is 4. The lowest BCUT2D eigenvalue weighted by atomic mass is 10.3. The second-order valence-corrected chi connectivity index (χ2v) is 3.01. The number of H-pyrrole nitrogens is 1. The Hall–Kier alpha value is -0.970. The maximum absolute atomic E-state index is 11.0. The quantitative estimate of drug-likeness (QED) is 0.557.